The number of amides is 1. The van der Waals surface area contributed by atoms with E-state index in [1.54, 1.807) is 6.08 Å². The largest absolute Gasteiger partial charge is 0.394 e. The van der Waals surface area contributed by atoms with Crippen molar-refractivity contribution in [1.29, 1.82) is 0 Å². The van der Waals surface area contributed by atoms with E-state index in [4.69, 9.17) is 28.4 Å². The molecule has 3 aliphatic rings. The molecule has 17 atom stereocenters. The van der Waals surface area contributed by atoms with E-state index < -0.39 is 124 Å². The number of allylic oxidation sites excluding steroid dienone is 9. The third-order valence-electron chi connectivity index (χ3n) is 20.8. The van der Waals surface area contributed by atoms with Gasteiger partial charge in [-0.2, -0.15) is 0 Å². The highest BCUT2D eigenvalue weighted by Crippen LogP contribution is 2.33. The maximum atomic E-state index is 13.5. The molecule has 17 unspecified atom stereocenters. The van der Waals surface area contributed by atoms with E-state index in [1.807, 2.05) is 6.08 Å². The van der Waals surface area contributed by atoms with Gasteiger partial charge >= 0.3 is 0 Å². The van der Waals surface area contributed by atoms with Crippen molar-refractivity contribution in [2.45, 2.75) is 439 Å². The Morgan fingerprint density at radius 2 is 0.670 bits per heavy atom. The van der Waals surface area contributed by atoms with Gasteiger partial charge in [0.15, 0.2) is 18.9 Å². The first kappa shape index (κ1) is 94.7. The monoisotopic (exact) mass is 1460 g/mol. The molecule has 19 nitrogen and oxygen atoms in total. The summed E-state index contributed by atoms with van der Waals surface area (Å²) < 4.78 is 34.5. The van der Waals surface area contributed by atoms with Gasteiger partial charge in [-0.1, -0.05) is 331 Å². The first-order valence-corrected chi connectivity index (χ1v) is 42.0. The van der Waals surface area contributed by atoms with Gasteiger partial charge in [-0.25, -0.2) is 0 Å². The van der Waals surface area contributed by atoms with Crippen LogP contribution in [0.4, 0.5) is 0 Å². The molecule has 0 aromatic carbocycles. The van der Waals surface area contributed by atoms with Gasteiger partial charge < -0.3 is 89.9 Å². The SMILES string of the molecule is CC/C=C\C/C=C\C/C=C\C/C=C\CCCCCCCCCCCCCCCCC(=O)NC(COC1OC(CO)C(OC2OC(CO)C(OC3OC(CO)C(O)C(O)C3O)C(O)C2O)C(O)C1O)C(O)/C=C/CCCCCCCCCCCCCCCCCCCCCCCCCCCCCCC. The Labute approximate surface area is 624 Å². The topological polar surface area (TPSA) is 307 Å². The van der Waals surface area contributed by atoms with Crippen molar-refractivity contribution in [3.05, 3.63) is 60.8 Å². The molecule has 19 heteroatoms. The van der Waals surface area contributed by atoms with Gasteiger partial charge in [0.25, 0.3) is 0 Å². The first-order chi connectivity index (χ1) is 50.3. The van der Waals surface area contributed by atoms with Crippen molar-refractivity contribution in [3.8, 4) is 0 Å². The Morgan fingerprint density at radius 3 is 1.05 bits per heavy atom. The summed E-state index contributed by atoms with van der Waals surface area (Å²) in [6, 6.07) is -0.978. The number of carbonyl (C=O) groups is 1. The number of aliphatic hydroxyl groups is 11. The maximum Gasteiger partial charge on any atom is 0.220 e. The molecule has 1 amide bonds. The summed E-state index contributed by atoms with van der Waals surface area (Å²) in [5.41, 5.74) is 0. The molecule has 3 rings (SSSR count). The van der Waals surface area contributed by atoms with E-state index >= 15 is 0 Å². The Bertz CT molecular complexity index is 2090. The molecular weight excluding hydrogens is 1310 g/mol. The van der Waals surface area contributed by atoms with E-state index in [0.717, 1.165) is 77.0 Å². The van der Waals surface area contributed by atoms with Crippen LogP contribution in [-0.2, 0) is 33.2 Å². The van der Waals surface area contributed by atoms with Crippen molar-refractivity contribution < 1.29 is 89.4 Å². The van der Waals surface area contributed by atoms with Crippen LogP contribution in [0.3, 0.4) is 0 Å². The lowest BCUT2D eigenvalue weighted by molar-refractivity contribution is -0.379. The van der Waals surface area contributed by atoms with Crippen LogP contribution in [0.5, 0.6) is 0 Å². The van der Waals surface area contributed by atoms with E-state index in [9.17, 15) is 61.0 Å². The summed E-state index contributed by atoms with van der Waals surface area (Å²) in [7, 11) is 0. The number of hydrogen-bond acceptors (Lipinski definition) is 18. The lowest BCUT2D eigenvalue weighted by Gasteiger charge is -2.48. The minimum Gasteiger partial charge on any atom is -0.394 e. The molecule has 0 spiro atoms. The van der Waals surface area contributed by atoms with Crippen LogP contribution in [0.1, 0.15) is 335 Å². The van der Waals surface area contributed by atoms with Crippen LogP contribution in [0.2, 0.25) is 0 Å². The van der Waals surface area contributed by atoms with Crippen LogP contribution < -0.4 is 5.32 Å². The minimum absolute atomic E-state index is 0.242. The summed E-state index contributed by atoms with van der Waals surface area (Å²) in [4.78, 5) is 13.5. The number of unbranched alkanes of at least 4 members (excludes halogenated alkanes) is 43. The highest BCUT2D eigenvalue weighted by atomic mass is 16.8. The lowest BCUT2D eigenvalue weighted by Crippen LogP contribution is -2.66. The molecule has 602 valence electrons. The average molecular weight is 1470 g/mol. The van der Waals surface area contributed by atoms with Gasteiger partial charge in [-0.05, 0) is 57.8 Å². The van der Waals surface area contributed by atoms with Crippen LogP contribution in [0, 0.1) is 0 Å². The fourth-order valence-electron chi connectivity index (χ4n) is 14.1. The van der Waals surface area contributed by atoms with Gasteiger partial charge in [0, 0.05) is 6.42 Å². The second-order valence-electron chi connectivity index (χ2n) is 29.9. The number of rotatable bonds is 67. The van der Waals surface area contributed by atoms with E-state index in [2.05, 4.69) is 67.8 Å². The van der Waals surface area contributed by atoms with Gasteiger partial charge in [-0.3, -0.25) is 4.79 Å². The predicted molar refractivity (Wildman–Crippen MR) is 411 cm³/mol. The number of hydrogen-bond donors (Lipinski definition) is 12. The molecular formula is C84H153NO18. The summed E-state index contributed by atoms with van der Waals surface area (Å²) in [5.74, 6) is -0.273. The molecule has 103 heavy (non-hydrogen) atoms. The third-order valence-corrected chi connectivity index (χ3v) is 20.8. The zero-order valence-electron chi connectivity index (χ0n) is 64.5. The Balaban J connectivity index is 1.36. The van der Waals surface area contributed by atoms with Crippen molar-refractivity contribution in [2.24, 2.45) is 0 Å². The van der Waals surface area contributed by atoms with E-state index in [-0.39, 0.29) is 18.9 Å². The van der Waals surface area contributed by atoms with Crippen LogP contribution >= 0.6 is 0 Å². The summed E-state index contributed by atoms with van der Waals surface area (Å²) in [6.07, 6.45) is 56.4. The van der Waals surface area contributed by atoms with Gasteiger partial charge in [0.1, 0.15) is 73.2 Å². The first-order valence-electron chi connectivity index (χ1n) is 42.0. The molecule has 0 aromatic rings. The number of carbonyl (C=O) groups excluding carboxylic acids is 1. The summed E-state index contributed by atoms with van der Waals surface area (Å²) in [6.45, 7) is 1.67. The van der Waals surface area contributed by atoms with Crippen molar-refractivity contribution in [2.75, 3.05) is 26.4 Å². The highest BCUT2D eigenvalue weighted by Gasteiger charge is 2.54. The smallest absolute Gasteiger partial charge is 0.220 e. The second kappa shape index (κ2) is 64.3. The Hall–Kier alpha value is -2.51. The van der Waals surface area contributed by atoms with Gasteiger partial charge in [0.05, 0.1) is 38.6 Å². The minimum atomic E-state index is -1.98. The number of ether oxygens (including phenoxy) is 6. The quantitative estimate of drug-likeness (QED) is 0.0199. The maximum absolute atomic E-state index is 13.5. The van der Waals surface area contributed by atoms with Gasteiger partial charge in [-0.15, -0.1) is 0 Å². The molecule has 12 N–H and O–H groups in total. The molecule has 3 heterocycles. The van der Waals surface area contributed by atoms with E-state index in [1.165, 1.54) is 231 Å². The molecule has 3 aliphatic heterocycles. The second-order valence-corrected chi connectivity index (χ2v) is 29.9. The third kappa shape index (κ3) is 44.1. The van der Waals surface area contributed by atoms with Crippen molar-refractivity contribution in [3.63, 3.8) is 0 Å². The van der Waals surface area contributed by atoms with Crippen molar-refractivity contribution in [1.82, 2.24) is 5.32 Å². The fraction of sp³-hybridized carbons (Fsp3) is 0.869. The molecule has 0 radical (unpaired) electrons. The predicted octanol–water partition coefficient (Wildman–Crippen LogP) is 14.6. The fourth-order valence-corrected chi connectivity index (χ4v) is 14.1. The Morgan fingerprint density at radius 1 is 0.359 bits per heavy atom. The molecule has 0 bridgehead atoms. The normalized spacial score (nSPS) is 26.3. The zero-order chi connectivity index (χ0) is 74.6. The summed E-state index contributed by atoms with van der Waals surface area (Å²) >= 11 is 0. The lowest BCUT2D eigenvalue weighted by atomic mass is 9.96. The van der Waals surface area contributed by atoms with Crippen LogP contribution in [0.15, 0.2) is 60.8 Å². The molecule has 0 saturated carbocycles. The Kier molecular flexibility index (Phi) is 59.1. The van der Waals surface area contributed by atoms with Gasteiger partial charge in [0.2, 0.25) is 5.91 Å². The highest BCUT2D eigenvalue weighted by molar-refractivity contribution is 5.76. The molecule has 3 fully saturated rings. The molecule has 0 aromatic heterocycles. The number of aliphatic hydroxyl groups excluding tert-OH is 11. The average Bonchev–Trinajstić information content (AvgIpc) is 0.781. The number of nitrogens with one attached hydrogen (secondary N) is 1. The molecule has 0 aliphatic carbocycles. The summed E-state index contributed by atoms with van der Waals surface area (Å²) in [5, 5.41) is 121. The van der Waals surface area contributed by atoms with E-state index in [0.29, 0.717) is 6.42 Å². The van der Waals surface area contributed by atoms with Crippen LogP contribution in [-0.4, -0.2) is 193 Å². The molecule has 3 saturated heterocycles. The van der Waals surface area contributed by atoms with Crippen molar-refractivity contribution >= 4 is 5.91 Å². The van der Waals surface area contributed by atoms with Crippen LogP contribution in [0.25, 0.3) is 0 Å². The standard InChI is InChI=1S/C84H153NO18/c1-3-5-7-9-11-13-15-17-19-21-23-25-27-29-31-32-33-34-36-37-39-41-43-45-47-49-51-53-55-57-59-61-68(89)67(85-72(90)62-60-58-56-54-52-50-48-46-44-42-40-38-35-30-28-26-24-22-20-18-16-14-12-10-8-6-4-2)66-98-82-78(96)75(93)80(70(64-87)100-82)103-84-79(97)76(94)81(71(65-88)101-84)102-83-77(95)74(92)73(91)69(63-86)99-83/h6,8,12,14,18,20,24,26,59,61,67-71,73-84,86-89,91-97H,3-5,7,9-11,13,15-17,19,21-23,25,27-58,60,62-66H2,1-2H3,(H,85,90)/b8-6-,14-12-,20-18-,26-24-,61-59+. The zero-order valence-corrected chi connectivity index (χ0v) is 64.5.